The second-order valence-corrected chi connectivity index (χ2v) is 8.06. The van der Waals surface area contributed by atoms with Crippen molar-refractivity contribution in [3.05, 3.63) is 77.0 Å². The van der Waals surface area contributed by atoms with E-state index in [-0.39, 0.29) is 18.3 Å². The maximum Gasteiger partial charge on any atom is 0.338 e. The van der Waals surface area contributed by atoms with E-state index in [1.807, 2.05) is 34.1 Å². The van der Waals surface area contributed by atoms with Crippen molar-refractivity contribution in [1.82, 2.24) is 9.88 Å². The summed E-state index contributed by atoms with van der Waals surface area (Å²) >= 11 is 0. The van der Waals surface area contributed by atoms with E-state index in [9.17, 15) is 14.0 Å². The van der Waals surface area contributed by atoms with E-state index in [1.54, 1.807) is 18.3 Å². The highest BCUT2D eigenvalue weighted by molar-refractivity contribution is 5.94. The van der Waals surface area contributed by atoms with Gasteiger partial charge in [-0.3, -0.25) is 4.79 Å². The largest absolute Gasteiger partial charge is 0.423 e. The first-order chi connectivity index (χ1) is 16.1. The Hall–Kier alpha value is -3.94. The van der Waals surface area contributed by atoms with E-state index in [0.29, 0.717) is 43.0 Å². The van der Waals surface area contributed by atoms with Gasteiger partial charge in [0.2, 0.25) is 5.91 Å². The molecule has 2 aromatic carbocycles. The zero-order chi connectivity index (χ0) is 22.8. The van der Waals surface area contributed by atoms with Gasteiger partial charge in [-0.15, -0.1) is 0 Å². The summed E-state index contributed by atoms with van der Waals surface area (Å²) in [6.07, 6.45) is 2.42. The molecule has 0 unspecified atom stereocenters. The number of carbonyl (C=O) groups is 1. The standard InChI is InChI=1S/C25H23FN4O3/c26-18-7-6-17-8-10-28-25(20(17)14-18)30-13-12-29(23(31)16-30)11-3-9-27-21-15-24(32)33-22-5-2-1-4-19(21)22/h1-2,4-8,10,14-15,27H,3,9,11-13,16H2. The maximum absolute atomic E-state index is 13.8. The summed E-state index contributed by atoms with van der Waals surface area (Å²) in [6, 6.07) is 15.3. The highest BCUT2D eigenvalue weighted by Gasteiger charge is 2.25. The van der Waals surface area contributed by atoms with Crippen LogP contribution in [-0.2, 0) is 4.79 Å². The van der Waals surface area contributed by atoms with Crippen LogP contribution in [0.1, 0.15) is 6.42 Å². The van der Waals surface area contributed by atoms with Gasteiger partial charge in [0.1, 0.15) is 17.2 Å². The van der Waals surface area contributed by atoms with E-state index in [2.05, 4.69) is 10.3 Å². The molecule has 1 fully saturated rings. The highest BCUT2D eigenvalue weighted by Crippen LogP contribution is 2.26. The summed E-state index contributed by atoms with van der Waals surface area (Å²) in [4.78, 5) is 32.7. The number of hydrogen-bond acceptors (Lipinski definition) is 6. The van der Waals surface area contributed by atoms with Gasteiger partial charge < -0.3 is 19.5 Å². The molecule has 1 amide bonds. The van der Waals surface area contributed by atoms with Crippen molar-refractivity contribution in [2.24, 2.45) is 0 Å². The first kappa shape index (κ1) is 20.9. The number of hydrogen-bond donors (Lipinski definition) is 1. The molecule has 4 aromatic rings. The van der Waals surface area contributed by atoms with E-state index >= 15 is 0 Å². The van der Waals surface area contributed by atoms with Gasteiger partial charge in [-0.05, 0) is 42.1 Å². The summed E-state index contributed by atoms with van der Waals surface area (Å²) < 4.78 is 19.0. The van der Waals surface area contributed by atoms with Gasteiger partial charge in [-0.25, -0.2) is 14.2 Å². The number of anilines is 2. The Morgan fingerprint density at radius 2 is 1.91 bits per heavy atom. The fourth-order valence-corrected chi connectivity index (χ4v) is 4.25. The van der Waals surface area contributed by atoms with Crippen LogP contribution in [0.25, 0.3) is 21.7 Å². The Balaban J connectivity index is 1.19. The molecule has 7 nitrogen and oxygen atoms in total. The van der Waals surface area contributed by atoms with E-state index in [4.69, 9.17) is 4.42 Å². The molecule has 1 aliphatic heterocycles. The quantitative estimate of drug-likeness (QED) is 0.360. The van der Waals surface area contributed by atoms with Crippen molar-refractivity contribution < 1.29 is 13.6 Å². The molecule has 1 saturated heterocycles. The minimum atomic E-state index is -0.399. The first-order valence-electron chi connectivity index (χ1n) is 10.9. The summed E-state index contributed by atoms with van der Waals surface area (Å²) in [6.45, 7) is 2.64. The van der Waals surface area contributed by atoms with Gasteiger partial charge in [0.15, 0.2) is 0 Å². The average Bonchev–Trinajstić information content (AvgIpc) is 2.82. The summed E-state index contributed by atoms with van der Waals surface area (Å²) in [5.74, 6) is 0.330. The van der Waals surface area contributed by atoms with Gasteiger partial charge in [0.05, 0.1) is 12.2 Å². The number of amides is 1. The number of piperazine rings is 1. The molecule has 3 heterocycles. The van der Waals surface area contributed by atoms with E-state index in [0.717, 1.165) is 22.9 Å². The number of para-hydroxylation sites is 1. The minimum Gasteiger partial charge on any atom is -0.423 e. The normalized spacial score (nSPS) is 14.3. The molecular formula is C25H23FN4O3. The molecule has 5 rings (SSSR count). The number of benzene rings is 2. The van der Waals surface area contributed by atoms with Crippen LogP contribution in [0.15, 0.2) is 70.0 Å². The van der Waals surface area contributed by atoms with Crippen LogP contribution in [0.2, 0.25) is 0 Å². The number of nitrogens with zero attached hydrogens (tertiary/aromatic N) is 3. The van der Waals surface area contributed by atoms with Crippen LogP contribution in [0.4, 0.5) is 15.9 Å². The number of pyridine rings is 1. The summed E-state index contributed by atoms with van der Waals surface area (Å²) in [7, 11) is 0. The number of carbonyl (C=O) groups excluding carboxylic acids is 1. The molecule has 0 bridgehead atoms. The predicted molar refractivity (Wildman–Crippen MR) is 126 cm³/mol. The molecule has 1 aliphatic rings. The van der Waals surface area contributed by atoms with Crippen LogP contribution in [-0.4, -0.2) is 48.5 Å². The summed E-state index contributed by atoms with van der Waals surface area (Å²) in [5, 5.41) is 5.74. The maximum atomic E-state index is 13.8. The van der Waals surface area contributed by atoms with Gasteiger partial charge in [-0.1, -0.05) is 18.2 Å². The van der Waals surface area contributed by atoms with Crippen LogP contribution < -0.4 is 15.8 Å². The fraction of sp³-hybridized carbons (Fsp3) is 0.240. The van der Waals surface area contributed by atoms with E-state index in [1.165, 1.54) is 18.2 Å². The van der Waals surface area contributed by atoms with Crippen molar-refractivity contribution in [1.29, 1.82) is 0 Å². The summed E-state index contributed by atoms with van der Waals surface area (Å²) in [5.41, 5.74) is 0.873. The van der Waals surface area contributed by atoms with Crippen LogP contribution in [0, 0.1) is 5.82 Å². The smallest absolute Gasteiger partial charge is 0.338 e. The van der Waals surface area contributed by atoms with Crippen molar-refractivity contribution in [2.75, 3.05) is 42.9 Å². The lowest BCUT2D eigenvalue weighted by atomic mass is 10.1. The van der Waals surface area contributed by atoms with Crippen molar-refractivity contribution in [3.63, 3.8) is 0 Å². The van der Waals surface area contributed by atoms with Crippen LogP contribution >= 0.6 is 0 Å². The third-order valence-corrected chi connectivity index (χ3v) is 5.90. The number of aromatic nitrogens is 1. The van der Waals surface area contributed by atoms with Gasteiger partial charge in [0, 0.05) is 49.2 Å². The second kappa shape index (κ2) is 8.90. The minimum absolute atomic E-state index is 0.0160. The molecule has 168 valence electrons. The van der Waals surface area contributed by atoms with Gasteiger partial charge in [-0.2, -0.15) is 0 Å². The lowest BCUT2D eigenvalue weighted by Crippen LogP contribution is -2.51. The average molecular weight is 446 g/mol. The Bertz CT molecular complexity index is 1390. The molecule has 0 atom stereocenters. The van der Waals surface area contributed by atoms with Gasteiger partial charge in [0.25, 0.3) is 0 Å². The highest BCUT2D eigenvalue weighted by atomic mass is 19.1. The van der Waals surface area contributed by atoms with Crippen LogP contribution in [0.5, 0.6) is 0 Å². The Morgan fingerprint density at radius 3 is 2.79 bits per heavy atom. The number of nitrogens with one attached hydrogen (secondary N) is 1. The van der Waals surface area contributed by atoms with Gasteiger partial charge >= 0.3 is 5.63 Å². The molecule has 8 heteroatoms. The lowest BCUT2D eigenvalue weighted by molar-refractivity contribution is -0.131. The lowest BCUT2D eigenvalue weighted by Gasteiger charge is -2.35. The zero-order valence-corrected chi connectivity index (χ0v) is 18.0. The number of rotatable bonds is 6. The number of fused-ring (bicyclic) bond motifs is 2. The second-order valence-electron chi connectivity index (χ2n) is 8.06. The molecule has 0 spiro atoms. The number of halogens is 1. The van der Waals surface area contributed by atoms with Crippen molar-refractivity contribution in [2.45, 2.75) is 6.42 Å². The molecular weight excluding hydrogens is 423 g/mol. The molecule has 0 radical (unpaired) electrons. The topological polar surface area (TPSA) is 78.7 Å². The zero-order valence-electron chi connectivity index (χ0n) is 18.0. The molecule has 0 saturated carbocycles. The van der Waals surface area contributed by atoms with Crippen LogP contribution in [0.3, 0.4) is 0 Å². The Labute approximate surface area is 189 Å². The predicted octanol–water partition coefficient (Wildman–Crippen LogP) is 3.63. The Morgan fingerprint density at radius 1 is 1.03 bits per heavy atom. The monoisotopic (exact) mass is 446 g/mol. The fourth-order valence-electron chi connectivity index (χ4n) is 4.25. The molecule has 0 aliphatic carbocycles. The molecule has 2 aromatic heterocycles. The van der Waals surface area contributed by atoms with E-state index < -0.39 is 5.63 Å². The third kappa shape index (κ3) is 4.37. The molecule has 1 N–H and O–H groups in total. The Kier molecular flexibility index (Phi) is 5.64. The van der Waals surface area contributed by atoms with Crippen molar-refractivity contribution >= 4 is 39.2 Å². The third-order valence-electron chi connectivity index (χ3n) is 5.90. The molecule has 33 heavy (non-hydrogen) atoms. The van der Waals surface area contributed by atoms with Crippen molar-refractivity contribution in [3.8, 4) is 0 Å². The SMILES string of the molecule is O=C1CN(c2nccc3ccc(F)cc23)CCN1CCCNc1cc(=O)oc2ccccc12. The first-order valence-corrected chi connectivity index (χ1v) is 10.9.